The number of benzene rings is 1. The number of rotatable bonds is 7. The van der Waals surface area contributed by atoms with Crippen molar-refractivity contribution in [2.45, 2.75) is 40.2 Å². The minimum Gasteiger partial charge on any atom is -0.444 e. The standard InChI is InChI=1S/C23H35N5O.HI/c1-17(2)14-28-11-5-6-19(15-28)12-25-23(24-4)26-13-21-16-29-22(27-21)20-9-7-18(3)8-10-20;/h7-10,16-17,19H,5-6,11-15H2,1-4H3,(H2,24,25,26);1H. The van der Waals surface area contributed by atoms with Crippen LogP contribution >= 0.6 is 24.0 Å². The lowest BCUT2D eigenvalue weighted by Gasteiger charge is -2.34. The lowest BCUT2D eigenvalue weighted by Crippen LogP contribution is -2.45. The fraction of sp³-hybridized carbons (Fsp3) is 0.565. The van der Waals surface area contributed by atoms with Crippen molar-refractivity contribution in [3.8, 4) is 11.5 Å². The van der Waals surface area contributed by atoms with Gasteiger partial charge in [-0.1, -0.05) is 31.5 Å². The summed E-state index contributed by atoms with van der Waals surface area (Å²) in [6.07, 6.45) is 4.27. The third-order valence-electron chi connectivity index (χ3n) is 5.30. The fourth-order valence-electron chi connectivity index (χ4n) is 3.85. The molecule has 2 aromatic rings. The molecule has 1 unspecified atom stereocenters. The van der Waals surface area contributed by atoms with Gasteiger partial charge in [0.25, 0.3) is 0 Å². The van der Waals surface area contributed by atoms with E-state index in [-0.39, 0.29) is 24.0 Å². The van der Waals surface area contributed by atoms with Crippen molar-refractivity contribution < 1.29 is 4.42 Å². The number of halogens is 1. The van der Waals surface area contributed by atoms with Gasteiger partial charge in [-0.15, -0.1) is 24.0 Å². The summed E-state index contributed by atoms with van der Waals surface area (Å²) >= 11 is 0. The summed E-state index contributed by atoms with van der Waals surface area (Å²) in [5, 5.41) is 6.83. The molecule has 2 heterocycles. The first-order valence-corrected chi connectivity index (χ1v) is 10.7. The number of guanidine groups is 1. The van der Waals surface area contributed by atoms with Gasteiger partial charge in [-0.3, -0.25) is 4.99 Å². The second kappa shape index (κ2) is 12.3. The second-order valence-electron chi connectivity index (χ2n) is 8.48. The Morgan fingerprint density at radius 3 is 2.73 bits per heavy atom. The topological polar surface area (TPSA) is 65.7 Å². The van der Waals surface area contributed by atoms with Crippen molar-refractivity contribution in [1.82, 2.24) is 20.5 Å². The predicted octanol–water partition coefficient (Wildman–Crippen LogP) is 4.30. The highest BCUT2D eigenvalue weighted by molar-refractivity contribution is 14.0. The molecule has 3 rings (SSSR count). The molecule has 0 amide bonds. The summed E-state index contributed by atoms with van der Waals surface area (Å²) in [7, 11) is 1.81. The largest absolute Gasteiger partial charge is 0.444 e. The summed E-state index contributed by atoms with van der Waals surface area (Å²) in [6, 6.07) is 8.20. The van der Waals surface area contributed by atoms with Crippen LogP contribution < -0.4 is 10.6 Å². The van der Waals surface area contributed by atoms with Crippen LogP contribution in [0.25, 0.3) is 11.5 Å². The molecule has 1 aromatic carbocycles. The van der Waals surface area contributed by atoms with E-state index < -0.39 is 0 Å². The van der Waals surface area contributed by atoms with Crippen molar-refractivity contribution >= 4 is 29.9 Å². The van der Waals surface area contributed by atoms with E-state index in [1.165, 1.54) is 38.0 Å². The molecule has 2 N–H and O–H groups in total. The normalized spacial score (nSPS) is 17.6. The molecule has 7 heteroatoms. The Morgan fingerprint density at radius 2 is 2.03 bits per heavy atom. The number of aliphatic imine (C=N–C) groups is 1. The number of oxazole rings is 1. The number of hydrogen-bond donors (Lipinski definition) is 2. The number of nitrogens with one attached hydrogen (secondary N) is 2. The van der Waals surface area contributed by atoms with Crippen LogP contribution in [0.1, 0.15) is 37.9 Å². The Morgan fingerprint density at radius 1 is 1.27 bits per heavy atom. The number of aromatic nitrogens is 1. The van der Waals surface area contributed by atoms with Gasteiger partial charge in [0, 0.05) is 32.2 Å². The number of aryl methyl sites for hydroxylation is 1. The highest BCUT2D eigenvalue weighted by Crippen LogP contribution is 2.19. The van der Waals surface area contributed by atoms with Gasteiger partial charge < -0.3 is 20.0 Å². The van der Waals surface area contributed by atoms with Crippen LogP contribution in [0, 0.1) is 18.8 Å². The van der Waals surface area contributed by atoms with Crippen molar-refractivity contribution in [2.75, 3.05) is 33.2 Å². The van der Waals surface area contributed by atoms with Crippen LogP contribution in [0.4, 0.5) is 0 Å². The number of likely N-dealkylation sites (tertiary alicyclic amines) is 1. The van der Waals surface area contributed by atoms with Crippen LogP contribution in [0.2, 0.25) is 0 Å². The third kappa shape index (κ3) is 7.58. The van der Waals surface area contributed by atoms with E-state index in [0.717, 1.165) is 29.7 Å². The summed E-state index contributed by atoms with van der Waals surface area (Å²) < 4.78 is 5.64. The number of nitrogens with zero attached hydrogens (tertiary/aromatic N) is 3. The molecule has 1 aromatic heterocycles. The smallest absolute Gasteiger partial charge is 0.226 e. The SMILES string of the molecule is CN=C(NCc1coc(-c2ccc(C)cc2)n1)NCC1CCCN(CC(C)C)C1.I. The third-order valence-corrected chi connectivity index (χ3v) is 5.30. The maximum Gasteiger partial charge on any atom is 0.226 e. The molecule has 166 valence electrons. The first-order valence-electron chi connectivity index (χ1n) is 10.7. The molecule has 1 aliphatic heterocycles. The van der Waals surface area contributed by atoms with Crippen molar-refractivity contribution in [2.24, 2.45) is 16.8 Å². The van der Waals surface area contributed by atoms with Crippen LogP contribution in [0.15, 0.2) is 39.9 Å². The lowest BCUT2D eigenvalue weighted by molar-refractivity contribution is 0.159. The van der Waals surface area contributed by atoms with Gasteiger partial charge in [-0.05, 0) is 50.3 Å². The second-order valence-corrected chi connectivity index (χ2v) is 8.48. The summed E-state index contributed by atoms with van der Waals surface area (Å²) in [6.45, 7) is 11.8. The first kappa shape index (κ1) is 24.7. The first-order chi connectivity index (χ1) is 14.0. The number of hydrogen-bond acceptors (Lipinski definition) is 4. The van der Waals surface area contributed by atoms with Crippen LogP contribution in [0.5, 0.6) is 0 Å². The average molecular weight is 525 g/mol. The molecule has 6 nitrogen and oxygen atoms in total. The molecular formula is C23H36IN5O. The Labute approximate surface area is 198 Å². The minimum absolute atomic E-state index is 0. The van der Waals surface area contributed by atoms with E-state index in [1.807, 2.05) is 19.2 Å². The van der Waals surface area contributed by atoms with E-state index in [4.69, 9.17) is 4.42 Å². The van der Waals surface area contributed by atoms with E-state index >= 15 is 0 Å². The quantitative estimate of drug-likeness (QED) is 0.321. The zero-order valence-corrected chi connectivity index (χ0v) is 21.0. The molecular weight excluding hydrogens is 489 g/mol. The Balaban J connectivity index is 0.00000320. The summed E-state index contributed by atoms with van der Waals surface area (Å²) in [5.41, 5.74) is 3.08. The molecule has 1 fully saturated rings. The van der Waals surface area contributed by atoms with Gasteiger partial charge in [-0.2, -0.15) is 0 Å². The van der Waals surface area contributed by atoms with Gasteiger partial charge in [0.1, 0.15) is 6.26 Å². The number of piperidine rings is 1. The molecule has 1 saturated heterocycles. The van der Waals surface area contributed by atoms with Crippen molar-refractivity contribution in [3.05, 3.63) is 41.8 Å². The molecule has 30 heavy (non-hydrogen) atoms. The molecule has 1 atom stereocenters. The Hall–Kier alpha value is -1.61. The van der Waals surface area contributed by atoms with E-state index in [1.54, 1.807) is 6.26 Å². The van der Waals surface area contributed by atoms with Crippen molar-refractivity contribution in [1.29, 1.82) is 0 Å². The Kier molecular flexibility index (Phi) is 10.1. The lowest BCUT2D eigenvalue weighted by atomic mass is 9.97. The maximum absolute atomic E-state index is 5.64. The zero-order valence-electron chi connectivity index (χ0n) is 18.6. The van der Waals surface area contributed by atoms with E-state index in [0.29, 0.717) is 18.4 Å². The maximum atomic E-state index is 5.64. The highest BCUT2D eigenvalue weighted by Gasteiger charge is 2.20. The van der Waals surface area contributed by atoms with Gasteiger partial charge in [0.15, 0.2) is 5.96 Å². The van der Waals surface area contributed by atoms with Gasteiger partial charge in [0.05, 0.1) is 12.2 Å². The minimum atomic E-state index is 0. The van der Waals surface area contributed by atoms with Gasteiger partial charge in [0.2, 0.25) is 5.89 Å². The van der Waals surface area contributed by atoms with Crippen LogP contribution in [-0.4, -0.2) is 49.1 Å². The Bertz CT molecular complexity index is 787. The molecule has 0 radical (unpaired) electrons. The van der Waals surface area contributed by atoms with Gasteiger partial charge >= 0.3 is 0 Å². The zero-order chi connectivity index (χ0) is 20.6. The predicted molar refractivity (Wildman–Crippen MR) is 134 cm³/mol. The molecule has 0 saturated carbocycles. The van der Waals surface area contributed by atoms with Gasteiger partial charge in [-0.25, -0.2) is 4.98 Å². The molecule has 0 bridgehead atoms. The highest BCUT2D eigenvalue weighted by atomic mass is 127. The monoisotopic (exact) mass is 525 g/mol. The molecule has 1 aliphatic rings. The van der Waals surface area contributed by atoms with Crippen LogP contribution in [0.3, 0.4) is 0 Å². The van der Waals surface area contributed by atoms with Crippen LogP contribution in [-0.2, 0) is 6.54 Å². The summed E-state index contributed by atoms with van der Waals surface area (Å²) in [4.78, 5) is 11.5. The van der Waals surface area contributed by atoms with E-state index in [2.05, 4.69) is 58.4 Å². The average Bonchev–Trinajstić information content (AvgIpc) is 3.17. The van der Waals surface area contributed by atoms with E-state index in [9.17, 15) is 0 Å². The molecule has 0 aliphatic carbocycles. The summed E-state index contributed by atoms with van der Waals surface area (Å²) in [5.74, 6) is 2.85. The molecule has 0 spiro atoms. The van der Waals surface area contributed by atoms with Crippen molar-refractivity contribution in [3.63, 3.8) is 0 Å². The fourth-order valence-corrected chi connectivity index (χ4v) is 3.85.